The molecule has 2 aromatic carbocycles. The fourth-order valence-corrected chi connectivity index (χ4v) is 2.43. The second-order valence-corrected chi connectivity index (χ2v) is 4.92. The number of fused-ring (bicyclic) bond motifs is 1. The number of hydrogen-bond acceptors (Lipinski definition) is 4. The van der Waals surface area contributed by atoms with Gasteiger partial charge in [-0.3, -0.25) is 0 Å². The summed E-state index contributed by atoms with van der Waals surface area (Å²) in [6.07, 6.45) is 0. The Morgan fingerprint density at radius 2 is 1.83 bits per heavy atom. The number of ether oxygens (including phenoxy) is 2. The normalized spacial score (nSPS) is 10.6. The van der Waals surface area contributed by atoms with Gasteiger partial charge in [-0.1, -0.05) is 12.1 Å². The molecule has 0 aliphatic carbocycles. The molecule has 0 unspecified atom stereocenters. The van der Waals surface area contributed by atoms with Crippen molar-refractivity contribution in [3.05, 3.63) is 59.9 Å². The minimum Gasteiger partial charge on any atom is -0.494 e. The lowest BCUT2D eigenvalue weighted by atomic mass is 10.0. The number of para-hydroxylation sites is 1. The van der Waals surface area contributed by atoms with E-state index in [1.807, 2.05) is 12.1 Å². The lowest BCUT2D eigenvalue weighted by Crippen LogP contribution is -2.06. The van der Waals surface area contributed by atoms with Crippen LogP contribution in [0.15, 0.2) is 48.5 Å². The molecule has 1 heterocycles. The summed E-state index contributed by atoms with van der Waals surface area (Å²) in [7, 11) is 2.87. The van der Waals surface area contributed by atoms with Crippen molar-refractivity contribution < 1.29 is 18.7 Å². The van der Waals surface area contributed by atoms with Gasteiger partial charge in [-0.05, 0) is 36.4 Å². The van der Waals surface area contributed by atoms with Crippen LogP contribution in [-0.2, 0) is 4.74 Å². The predicted octanol–water partition coefficient (Wildman–Crippen LogP) is 3.84. The Morgan fingerprint density at radius 1 is 1.09 bits per heavy atom. The fourth-order valence-electron chi connectivity index (χ4n) is 2.43. The Bertz CT molecular complexity index is 875. The largest absolute Gasteiger partial charge is 0.494 e. The number of pyridine rings is 1. The molecule has 0 atom stereocenters. The summed E-state index contributed by atoms with van der Waals surface area (Å²) in [6.45, 7) is 0. The zero-order valence-corrected chi connectivity index (χ0v) is 12.7. The molecule has 0 amide bonds. The quantitative estimate of drug-likeness (QED) is 0.690. The van der Waals surface area contributed by atoms with E-state index in [0.29, 0.717) is 28.1 Å². The summed E-state index contributed by atoms with van der Waals surface area (Å²) in [6, 6.07) is 13.0. The van der Waals surface area contributed by atoms with Gasteiger partial charge in [0.15, 0.2) is 0 Å². The van der Waals surface area contributed by atoms with E-state index < -0.39 is 5.97 Å². The molecule has 0 aliphatic rings. The summed E-state index contributed by atoms with van der Waals surface area (Å²) in [5.74, 6) is -0.254. The van der Waals surface area contributed by atoms with Crippen LogP contribution < -0.4 is 4.74 Å². The van der Waals surface area contributed by atoms with Crippen molar-refractivity contribution in [2.24, 2.45) is 0 Å². The number of carbonyl (C=O) groups excluding carboxylic acids is 1. The van der Waals surface area contributed by atoms with Crippen molar-refractivity contribution in [2.45, 2.75) is 0 Å². The number of benzene rings is 2. The SMILES string of the molecule is COC(=O)c1cc2cccc(OC)c2nc1-c1ccc(F)cc1. The topological polar surface area (TPSA) is 48.4 Å². The smallest absolute Gasteiger partial charge is 0.340 e. The van der Waals surface area contributed by atoms with Crippen molar-refractivity contribution in [1.29, 1.82) is 0 Å². The lowest BCUT2D eigenvalue weighted by Gasteiger charge is -2.11. The summed E-state index contributed by atoms with van der Waals surface area (Å²) in [5, 5.41) is 0.760. The van der Waals surface area contributed by atoms with Gasteiger partial charge in [-0.15, -0.1) is 0 Å². The van der Waals surface area contributed by atoms with Gasteiger partial charge >= 0.3 is 5.97 Å². The van der Waals surface area contributed by atoms with Crippen LogP contribution in [0.1, 0.15) is 10.4 Å². The number of halogens is 1. The van der Waals surface area contributed by atoms with Crippen LogP contribution in [0.4, 0.5) is 4.39 Å². The Morgan fingerprint density at radius 3 is 2.48 bits per heavy atom. The van der Waals surface area contributed by atoms with Crippen molar-refractivity contribution in [3.63, 3.8) is 0 Å². The molecule has 0 saturated carbocycles. The fraction of sp³-hybridized carbons (Fsp3) is 0.111. The third-order valence-electron chi connectivity index (χ3n) is 3.55. The molecule has 4 nitrogen and oxygen atoms in total. The van der Waals surface area contributed by atoms with Gasteiger partial charge in [0.05, 0.1) is 25.5 Å². The van der Waals surface area contributed by atoms with E-state index in [-0.39, 0.29) is 5.82 Å². The molecule has 23 heavy (non-hydrogen) atoms. The lowest BCUT2D eigenvalue weighted by molar-refractivity contribution is 0.0601. The van der Waals surface area contributed by atoms with Gasteiger partial charge in [0.2, 0.25) is 0 Å². The van der Waals surface area contributed by atoms with E-state index in [4.69, 9.17) is 9.47 Å². The molecule has 0 fully saturated rings. The van der Waals surface area contributed by atoms with E-state index in [2.05, 4.69) is 4.98 Å². The first kappa shape index (κ1) is 15.0. The molecule has 0 aliphatic heterocycles. The van der Waals surface area contributed by atoms with Crippen LogP contribution in [0.5, 0.6) is 5.75 Å². The first-order valence-electron chi connectivity index (χ1n) is 6.96. The van der Waals surface area contributed by atoms with Gasteiger partial charge in [0, 0.05) is 10.9 Å². The third kappa shape index (κ3) is 2.73. The highest BCUT2D eigenvalue weighted by Crippen LogP contribution is 2.30. The van der Waals surface area contributed by atoms with Gasteiger partial charge in [-0.2, -0.15) is 0 Å². The number of rotatable bonds is 3. The maximum atomic E-state index is 13.2. The maximum absolute atomic E-state index is 13.2. The van der Waals surface area contributed by atoms with Gasteiger partial charge in [0.1, 0.15) is 17.1 Å². The Kier molecular flexibility index (Phi) is 3.93. The second-order valence-electron chi connectivity index (χ2n) is 4.92. The van der Waals surface area contributed by atoms with Crippen molar-refractivity contribution >= 4 is 16.9 Å². The summed E-state index contributed by atoms with van der Waals surface area (Å²) >= 11 is 0. The number of hydrogen-bond donors (Lipinski definition) is 0. The van der Waals surface area contributed by atoms with E-state index in [1.54, 1.807) is 31.4 Å². The predicted molar refractivity (Wildman–Crippen MR) is 85.0 cm³/mol. The highest BCUT2D eigenvalue weighted by Gasteiger charge is 2.18. The molecule has 0 radical (unpaired) electrons. The molecular formula is C18H14FNO3. The highest BCUT2D eigenvalue weighted by molar-refractivity contribution is 6.01. The zero-order chi connectivity index (χ0) is 16.4. The average molecular weight is 311 g/mol. The second kappa shape index (κ2) is 6.04. The maximum Gasteiger partial charge on any atom is 0.340 e. The molecule has 116 valence electrons. The van der Waals surface area contributed by atoms with Gasteiger partial charge in [-0.25, -0.2) is 14.2 Å². The molecule has 0 spiro atoms. The van der Waals surface area contributed by atoms with E-state index in [9.17, 15) is 9.18 Å². The Labute approximate surface area is 132 Å². The minimum atomic E-state index is -0.499. The van der Waals surface area contributed by atoms with Crippen LogP contribution in [0, 0.1) is 5.82 Å². The molecule has 0 N–H and O–H groups in total. The molecule has 0 bridgehead atoms. The molecule has 3 aromatic rings. The number of nitrogens with zero attached hydrogens (tertiary/aromatic N) is 1. The van der Waals surface area contributed by atoms with E-state index in [1.165, 1.54) is 19.2 Å². The van der Waals surface area contributed by atoms with Crippen molar-refractivity contribution in [3.8, 4) is 17.0 Å². The van der Waals surface area contributed by atoms with Crippen LogP contribution in [0.2, 0.25) is 0 Å². The summed E-state index contributed by atoms with van der Waals surface area (Å²) in [5.41, 5.74) is 2.00. The Hall–Kier alpha value is -2.95. The monoisotopic (exact) mass is 311 g/mol. The van der Waals surface area contributed by atoms with Gasteiger partial charge < -0.3 is 9.47 Å². The summed E-state index contributed by atoms with van der Waals surface area (Å²) < 4.78 is 23.3. The summed E-state index contributed by atoms with van der Waals surface area (Å²) in [4.78, 5) is 16.7. The van der Waals surface area contributed by atoms with Crippen LogP contribution in [-0.4, -0.2) is 25.2 Å². The highest BCUT2D eigenvalue weighted by atomic mass is 19.1. The van der Waals surface area contributed by atoms with Crippen LogP contribution >= 0.6 is 0 Å². The molecular weight excluding hydrogens is 297 g/mol. The zero-order valence-electron chi connectivity index (χ0n) is 12.7. The molecule has 1 aromatic heterocycles. The number of methoxy groups -OCH3 is 2. The van der Waals surface area contributed by atoms with Crippen LogP contribution in [0.3, 0.4) is 0 Å². The number of carbonyl (C=O) groups is 1. The molecule has 3 rings (SSSR count). The van der Waals surface area contributed by atoms with Gasteiger partial charge in [0.25, 0.3) is 0 Å². The van der Waals surface area contributed by atoms with E-state index >= 15 is 0 Å². The Balaban J connectivity index is 2.32. The molecule has 0 saturated heterocycles. The van der Waals surface area contributed by atoms with Crippen molar-refractivity contribution in [1.82, 2.24) is 4.98 Å². The molecule has 5 heteroatoms. The number of aromatic nitrogens is 1. The van der Waals surface area contributed by atoms with Crippen molar-refractivity contribution in [2.75, 3.05) is 14.2 Å². The standard InChI is InChI=1S/C18H14FNO3/c1-22-15-5-3-4-12-10-14(18(21)23-2)16(20-17(12)15)11-6-8-13(19)9-7-11/h3-10H,1-2H3. The number of esters is 1. The minimum absolute atomic E-state index is 0.319. The van der Waals surface area contributed by atoms with Crippen LogP contribution in [0.25, 0.3) is 22.2 Å². The average Bonchev–Trinajstić information content (AvgIpc) is 2.60. The van der Waals surface area contributed by atoms with E-state index in [0.717, 1.165) is 5.39 Å². The first-order chi connectivity index (χ1) is 11.1. The third-order valence-corrected chi connectivity index (χ3v) is 3.55. The first-order valence-corrected chi connectivity index (χ1v) is 6.96.